The molecular formula is C52H53ClO6. The Balaban J connectivity index is 1.24. The maximum Gasteiger partial charge on any atom is 0.129 e. The van der Waals surface area contributed by atoms with Crippen LogP contribution in [0.4, 0.5) is 0 Å². The average Bonchev–Trinajstić information content (AvgIpc) is 3.27. The van der Waals surface area contributed by atoms with Gasteiger partial charge in [0.1, 0.15) is 35.8 Å². The minimum Gasteiger partial charge on any atom is -0.490 e. The minimum absolute atomic E-state index is 0.226. The molecule has 2 aliphatic heterocycles. The van der Waals surface area contributed by atoms with E-state index in [1.165, 1.54) is 11.1 Å². The van der Waals surface area contributed by atoms with E-state index in [2.05, 4.69) is 92.7 Å². The van der Waals surface area contributed by atoms with Gasteiger partial charge in [-0.2, -0.15) is 0 Å². The van der Waals surface area contributed by atoms with Gasteiger partial charge in [-0.25, -0.2) is 0 Å². The van der Waals surface area contributed by atoms with E-state index in [0.29, 0.717) is 50.0 Å². The first-order chi connectivity index (χ1) is 29.0. The molecule has 3 unspecified atom stereocenters. The summed E-state index contributed by atoms with van der Waals surface area (Å²) >= 11 is 7.13. The fourth-order valence-electron chi connectivity index (χ4n) is 8.41. The van der Waals surface area contributed by atoms with Crippen LogP contribution in [0.5, 0.6) is 5.75 Å². The molecule has 7 heteroatoms. The number of benzene rings is 6. The van der Waals surface area contributed by atoms with Gasteiger partial charge in [0.05, 0.1) is 39.1 Å². The second kappa shape index (κ2) is 19.5. The summed E-state index contributed by atoms with van der Waals surface area (Å²) in [5.41, 5.74) is 7.56. The Morgan fingerprint density at radius 2 is 1.10 bits per heavy atom. The summed E-state index contributed by atoms with van der Waals surface area (Å²) in [6.07, 6.45) is -0.392. The van der Waals surface area contributed by atoms with Gasteiger partial charge in [-0.05, 0) is 70.8 Å². The van der Waals surface area contributed by atoms with Gasteiger partial charge in [0.15, 0.2) is 0 Å². The summed E-state index contributed by atoms with van der Waals surface area (Å²) in [5.74, 6) is 0.682. The number of fused-ring (bicyclic) bond motifs is 2. The molecule has 59 heavy (non-hydrogen) atoms. The molecule has 0 saturated carbocycles. The zero-order valence-corrected chi connectivity index (χ0v) is 34.6. The van der Waals surface area contributed by atoms with E-state index in [9.17, 15) is 0 Å². The Morgan fingerprint density at radius 1 is 0.593 bits per heavy atom. The second-order valence-electron chi connectivity index (χ2n) is 15.7. The lowest BCUT2D eigenvalue weighted by molar-refractivity contribution is -0.321. The number of aryl methyl sites for hydroxylation is 1. The van der Waals surface area contributed by atoms with Gasteiger partial charge in [0.25, 0.3) is 0 Å². The van der Waals surface area contributed by atoms with E-state index < -0.39 is 30.0 Å². The summed E-state index contributed by atoms with van der Waals surface area (Å²) < 4.78 is 42.2. The molecule has 6 atom stereocenters. The molecule has 0 aromatic heterocycles. The third kappa shape index (κ3) is 9.99. The summed E-state index contributed by atoms with van der Waals surface area (Å²) in [6, 6.07) is 53.9. The lowest BCUT2D eigenvalue weighted by Crippen LogP contribution is -2.67. The fourth-order valence-corrected chi connectivity index (χ4v) is 8.63. The van der Waals surface area contributed by atoms with Gasteiger partial charge in [0.2, 0.25) is 0 Å². The van der Waals surface area contributed by atoms with E-state index in [-0.39, 0.29) is 12.7 Å². The number of hydrogen-bond acceptors (Lipinski definition) is 6. The largest absolute Gasteiger partial charge is 0.490 e. The van der Waals surface area contributed by atoms with Crippen LogP contribution in [0.15, 0.2) is 158 Å². The Bertz CT molecular complexity index is 2200. The molecule has 6 nitrogen and oxygen atoms in total. The van der Waals surface area contributed by atoms with Crippen LogP contribution in [0.25, 0.3) is 0 Å². The summed E-state index contributed by atoms with van der Waals surface area (Å²) in [5, 5.41) is 0.647. The Labute approximate surface area is 354 Å². The van der Waals surface area contributed by atoms with Crippen LogP contribution in [0.2, 0.25) is 5.02 Å². The lowest BCUT2D eigenvalue weighted by atomic mass is 9.74. The molecule has 0 aliphatic carbocycles. The highest BCUT2D eigenvalue weighted by Gasteiger charge is 2.60. The smallest absolute Gasteiger partial charge is 0.129 e. The van der Waals surface area contributed by atoms with Crippen molar-refractivity contribution in [2.75, 3.05) is 6.61 Å². The minimum atomic E-state index is -1.03. The van der Waals surface area contributed by atoms with Crippen LogP contribution < -0.4 is 4.74 Å². The Hall–Kier alpha value is -4.79. The highest BCUT2D eigenvalue weighted by atomic mass is 35.5. The molecule has 2 heterocycles. The van der Waals surface area contributed by atoms with Crippen LogP contribution in [0.3, 0.4) is 0 Å². The zero-order valence-electron chi connectivity index (χ0n) is 33.9. The van der Waals surface area contributed by atoms with Gasteiger partial charge in [-0.1, -0.05) is 164 Å². The Kier molecular flexibility index (Phi) is 13.6. The van der Waals surface area contributed by atoms with Crippen molar-refractivity contribution in [3.8, 4) is 5.75 Å². The second-order valence-corrected chi connectivity index (χ2v) is 16.1. The van der Waals surface area contributed by atoms with E-state index in [4.69, 9.17) is 40.0 Å². The van der Waals surface area contributed by atoms with Gasteiger partial charge in [0, 0.05) is 17.0 Å². The first-order valence-electron chi connectivity index (χ1n) is 20.8. The molecule has 0 radical (unpaired) electrons. The SMILES string of the molecule is CCc1ccc(Cc2cc3c(cc2Cl)OC(C)C[C@]32OC(COCc3ccccc3)[C@@H](OCc3ccccc3)C(OCc3ccccc3)[C@H]2OCc2ccccc2)cc1. The number of rotatable bonds is 16. The predicted molar refractivity (Wildman–Crippen MR) is 232 cm³/mol. The molecular weight excluding hydrogens is 756 g/mol. The molecule has 2 aliphatic rings. The molecule has 304 valence electrons. The van der Waals surface area contributed by atoms with Gasteiger partial charge in [-0.3, -0.25) is 0 Å². The van der Waals surface area contributed by atoms with Crippen molar-refractivity contribution in [2.24, 2.45) is 0 Å². The van der Waals surface area contributed by atoms with E-state index in [0.717, 1.165) is 39.8 Å². The maximum atomic E-state index is 7.63. The van der Waals surface area contributed by atoms with Crippen LogP contribution in [-0.4, -0.2) is 37.1 Å². The fraction of sp³-hybridized carbons (Fsp3) is 0.308. The van der Waals surface area contributed by atoms with Crippen LogP contribution in [-0.2, 0) is 68.6 Å². The summed E-state index contributed by atoms with van der Waals surface area (Å²) in [6.45, 7) is 6.00. The van der Waals surface area contributed by atoms with E-state index in [1.54, 1.807) is 0 Å². The van der Waals surface area contributed by atoms with Gasteiger partial charge >= 0.3 is 0 Å². The molecule has 0 amide bonds. The van der Waals surface area contributed by atoms with Crippen LogP contribution in [0.1, 0.15) is 64.8 Å². The number of hydrogen-bond donors (Lipinski definition) is 0. The summed E-state index contributed by atoms with van der Waals surface area (Å²) in [7, 11) is 0. The van der Waals surface area contributed by atoms with Crippen molar-refractivity contribution in [2.45, 2.75) is 95.7 Å². The standard InChI is InChI=1S/C52H53ClO6/c1-3-38-24-26-39(27-25-38)28-44-29-45-47(30-46(44)53)58-37(2)31-52(45)51(57-35-43-22-14-7-15-23-43)50(56-34-42-20-12-6-13-21-42)49(55-33-41-18-10-5-11-19-41)48(59-52)36-54-32-40-16-8-4-9-17-40/h4-27,29-30,37,48-51H,3,28,31-36H2,1-2H3/t37?,48?,49-,50?,51-,52+/m1/s1. The molecule has 6 aromatic carbocycles. The molecule has 0 bridgehead atoms. The molecule has 8 rings (SSSR count). The molecule has 1 spiro atoms. The van der Waals surface area contributed by atoms with E-state index in [1.807, 2.05) is 78.9 Å². The van der Waals surface area contributed by atoms with Gasteiger partial charge < -0.3 is 28.4 Å². The first kappa shape index (κ1) is 41.0. The number of ether oxygens (including phenoxy) is 6. The number of halogens is 1. The van der Waals surface area contributed by atoms with Crippen molar-refractivity contribution in [1.82, 2.24) is 0 Å². The van der Waals surface area contributed by atoms with Crippen LogP contribution in [0, 0.1) is 0 Å². The predicted octanol–water partition coefficient (Wildman–Crippen LogP) is 11.2. The van der Waals surface area contributed by atoms with Crippen molar-refractivity contribution in [3.05, 3.63) is 207 Å². The third-order valence-corrected chi connectivity index (χ3v) is 11.7. The van der Waals surface area contributed by atoms with Crippen molar-refractivity contribution < 1.29 is 28.4 Å². The van der Waals surface area contributed by atoms with Gasteiger partial charge in [-0.15, -0.1) is 0 Å². The maximum absolute atomic E-state index is 7.63. The van der Waals surface area contributed by atoms with Crippen LogP contribution >= 0.6 is 11.6 Å². The molecule has 1 saturated heterocycles. The highest BCUT2D eigenvalue weighted by Crippen LogP contribution is 2.52. The van der Waals surface area contributed by atoms with Crippen molar-refractivity contribution in [1.29, 1.82) is 0 Å². The molecule has 1 fully saturated rings. The highest BCUT2D eigenvalue weighted by molar-refractivity contribution is 6.31. The van der Waals surface area contributed by atoms with Crippen molar-refractivity contribution >= 4 is 11.6 Å². The van der Waals surface area contributed by atoms with E-state index >= 15 is 0 Å². The summed E-state index contributed by atoms with van der Waals surface area (Å²) in [4.78, 5) is 0. The van der Waals surface area contributed by atoms with Crippen molar-refractivity contribution in [3.63, 3.8) is 0 Å². The quantitative estimate of drug-likeness (QED) is 0.0971. The molecule has 6 aromatic rings. The Morgan fingerprint density at radius 3 is 1.66 bits per heavy atom. The monoisotopic (exact) mass is 808 g/mol. The molecule has 0 N–H and O–H groups in total. The lowest BCUT2D eigenvalue weighted by Gasteiger charge is -2.55. The average molecular weight is 809 g/mol. The first-order valence-corrected chi connectivity index (χ1v) is 21.2. The third-order valence-electron chi connectivity index (χ3n) is 11.4. The zero-order chi connectivity index (χ0) is 40.4. The normalized spacial score (nSPS) is 22.5. The topological polar surface area (TPSA) is 55.4 Å².